The van der Waals surface area contributed by atoms with E-state index in [4.69, 9.17) is 4.74 Å². The fourth-order valence-electron chi connectivity index (χ4n) is 3.80. The highest BCUT2D eigenvalue weighted by atomic mass is 16.5. The van der Waals surface area contributed by atoms with Crippen molar-refractivity contribution in [3.63, 3.8) is 0 Å². The zero-order valence-corrected chi connectivity index (χ0v) is 16.8. The summed E-state index contributed by atoms with van der Waals surface area (Å²) >= 11 is 0. The van der Waals surface area contributed by atoms with Crippen molar-refractivity contribution in [2.24, 2.45) is 0 Å². The number of ether oxygens (including phenoxy) is 1. The predicted octanol–water partition coefficient (Wildman–Crippen LogP) is 3.52. The highest BCUT2D eigenvalue weighted by Gasteiger charge is 2.46. The van der Waals surface area contributed by atoms with Gasteiger partial charge in [-0.3, -0.25) is 0 Å². The molecule has 0 saturated heterocycles. The van der Waals surface area contributed by atoms with Crippen LogP contribution in [0.15, 0.2) is 36.4 Å². The summed E-state index contributed by atoms with van der Waals surface area (Å²) in [5.74, 6) is 0.675. The van der Waals surface area contributed by atoms with Crippen LogP contribution in [0.25, 0.3) is 0 Å². The highest BCUT2D eigenvalue weighted by molar-refractivity contribution is 5.45. The van der Waals surface area contributed by atoms with Gasteiger partial charge in [-0.05, 0) is 53.1 Å². The van der Waals surface area contributed by atoms with Gasteiger partial charge < -0.3 is 19.7 Å². The molecule has 3 rings (SSSR count). The molecule has 2 atom stereocenters. The molecule has 0 bridgehead atoms. The third-order valence-electron chi connectivity index (χ3n) is 5.10. The lowest BCUT2D eigenvalue weighted by molar-refractivity contribution is -0.0669. The van der Waals surface area contributed by atoms with Gasteiger partial charge in [0, 0.05) is 11.6 Å². The molecule has 1 aromatic heterocycles. The van der Waals surface area contributed by atoms with Crippen molar-refractivity contribution in [3.05, 3.63) is 53.3 Å². The van der Waals surface area contributed by atoms with Gasteiger partial charge in [-0.25, -0.2) is 0 Å². The Morgan fingerprint density at radius 3 is 2.52 bits per heavy atom. The lowest BCUT2D eigenvalue weighted by Gasteiger charge is -2.43. The van der Waals surface area contributed by atoms with Gasteiger partial charge in [0.25, 0.3) is 0 Å². The van der Waals surface area contributed by atoms with E-state index in [2.05, 4.69) is 44.3 Å². The Balaban J connectivity index is 1.95. The quantitative estimate of drug-likeness (QED) is 0.867. The van der Waals surface area contributed by atoms with Crippen molar-refractivity contribution < 1.29 is 9.84 Å². The SMILES string of the molecule is CC1(C)Oc2cc(C#N)n(C(C)(C)C)c2C(NCCc2ccccc2)C1O. The van der Waals surface area contributed by atoms with Gasteiger partial charge in [0.05, 0.1) is 11.7 Å². The second kappa shape index (κ2) is 7.03. The molecule has 0 saturated carbocycles. The molecule has 1 aliphatic rings. The van der Waals surface area contributed by atoms with Gasteiger partial charge in [-0.1, -0.05) is 30.3 Å². The summed E-state index contributed by atoms with van der Waals surface area (Å²) in [6.07, 6.45) is 0.130. The minimum absolute atomic E-state index is 0.303. The number of hydrogen-bond acceptors (Lipinski definition) is 4. The van der Waals surface area contributed by atoms with Gasteiger partial charge in [0.1, 0.15) is 29.2 Å². The van der Waals surface area contributed by atoms with E-state index in [1.54, 1.807) is 6.07 Å². The average Bonchev–Trinajstić information content (AvgIpc) is 2.96. The number of aromatic nitrogens is 1. The number of rotatable bonds is 4. The molecule has 2 N–H and O–H groups in total. The Bertz CT molecular complexity index is 841. The number of nitrogens with zero attached hydrogens (tertiary/aromatic N) is 2. The summed E-state index contributed by atoms with van der Waals surface area (Å²) in [6, 6.07) is 14.0. The zero-order chi connectivity index (χ0) is 19.8. The topological polar surface area (TPSA) is 70.2 Å². The number of hydrogen-bond donors (Lipinski definition) is 2. The third kappa shape index (κ3) is 3.73. The maximum absolute atomic E-state index is 11.0. The zero-order valence-electron chi connectivity index (χ0n) is 16.8. The summed E-state index contributed by atoms with van der Waals surface area (Å²) in [7, 11) is 0. The normalized spacial score (nSPS) is 21.2. The second-order valence-corrected chi connectivity index (χ2v) is 8.71. The average molecular weight is 367 g/mol. The van der Waals surface area contributed by atoms with Crippen LogP contribution in [0.2, 0.25) is 0 Å². The van der Waals surface area contributed by atoms with E-state index in [1.165, 1.54) is 5.56 Å². The molecule has 2 heterocycles. The molecule has 1 aromatic carbocycles. The Hall–Kier alpha value is -2.29. The lowest BCUT2D eigenvalue weighted by Crippen LogP contribution is -2.53. The Morgan fingerprint density at radius 1 is 1.26 bits per heavy atom. The van der Waals surface area contributed by atoms with Crippen molar-refractivity contribution in [1.29, 1.82) is 5.26 Å². The molecule has 5 nitrogen and oxygen atoms in total. The number of nitrogens with one attached hydrogen (secondary N) is 1. The van der Waals surface area contributed by atoms with E-state index < -0.39 is 11.7 Å². The Morgan fingerprint density at radius 2 is 1.93 bits per heavy atom. The van der Waals surface area contributed by atoms with E-state index in [1.807, 2.05) is 36.6 Å². The van der Waals surface area contributed by atoms with Gasteiger partial charge >= 0.3 is 0 Å². The predicted molar refractivity (Wildman–Crippen MR) is 106 cm³/mol. The van der Waals surface area contributed by atoms with Crippen LogP contribution in [-0.4, -0.2) is 27.9 Å². The minimum atomic E-state index is -0.742. The van der Waals surface area contributed by atoms with Crippen molar-refractivity contribution in [2.45, 2.75) is 64.3 Å². The standard InChI is InChI=1S/C22H29N3O2/c1-21(2,3)25-16(14-23)13-17-19(25)18(20(26)22(4,5)27-17)24-12-11-15-9-7-6-8-10-15/h6-10,13,18,20,24,26H,11-12H2,1-5H3. The van der Waals surface area contributed by atoms with Crippen LogP contribution in [0.5, 0.6) is 5.75 Å². The lowest BCUT2D eigenvalue weighted by atomic mass is 9.89. The molecule has 2 unspecified atom stereocenters. The molecule has 27 heavy (non-hydrogen) atoms. The van der Waals surface area contributed by atoms with Crippen molar-refractivity contribution in [2.75, 3.05) is 6.54 Å². The van der Waals surface area contributed by atoms with Crippen LogP contribution >= 0.6 is 0 Å². The van der Waals surface area contributed by atoms with Gasteiger partial charge in [0.15, 0.2) is 0 Å². The molecule has 0 fully saturated rings. The molecule has 2 aromatic rings. The molecular weight excluding hydrogens is 338 g/mol. The Labute approximate surface area is 161 Å². The molecule has 5 heteroatoms. The van der Waals surface area contributed by atoms with Crippen molar-refractivity contribution >= 4 is 0 Å². The smallest absolute Gasteiger partial charge is 0.144 e. The molecule has 144 valence electrons. The molecule has 0 spiro atoms. The minimum Gasteiger partial charge on any atom is -0.483 e. The van der Waals surface area contributed by atoms with Crippen LogP contribution in [0.1, 0.15) is 57.6 Å². The van der Waals surface area contributed by atoms with Gasteiger partial charge in [0.2, 0.25) is 0 Å². The van der Waals surface area contributed by atoms with E-state index in [0.717, 1.165) is 18.7 Å². The third-order valence-corrected chi connectivity index (χ3v) is 5.10. The monoisotopic (exact) mass is 367 g/mol. The van der Waals surface area contributed by atoms with Crippen LogP contribution in [0.3, 0.4) is 0 Å². The van der Waals surface area contributed by atoms with Gasteiger partial charge in [-0.2, -0.15) is 5.26 Å². The molecule has 0 aliphatic carbocycles. The second-order valence-electron chi connectivity index (χ2n) is 8.71. The van der Waals surface area contributed by atoms with E-state index in [0.29, 0.717) is 11.4 Å². The number of aliphatic hydroxyl groups excluding tert-OH is 1. The molecule has 0 amide bonds. The van der Waals surface area contributed by atoms with Crippen molar-refractivity contribution in [1.82, 2.24) is 9.88 Å². The number of nitriles is 1. The van der Waals surface area contributed by atoms with E-state index in [-0.39, 0.29) is 11.6 Å². The van der Waals surface area contributed by atoms with E-state index in [9.17, 15) is 10.4 Å². The Kier molecular flexibility index (Phi) is 5.07. The summed E-state index contributed by atoms with van der Waals surface area (Å²) < 4.78 is 8.07. The van der Waals surface area contributed by atoms with E-state index >= 15 is 0 Å². The number of aliphatic hydroxyl groups is 1. The highest BCUT2D eigenvalue weighted by Crippen LogP contribution is 2.43. The number of fused-ring (bicyclic) bond motifs is 1. The maximum atomic E-state index is 11.0. The number of benzene rings is 1. The molecule has 0 radical (unpaired) electrons. The fraction of sp³-hybridized carbons (Fsp3) is 0.500. The summed E-state index contributed by atoms with van der Waals surface area (Å²) in [5.41, 5.74) is 1.60. The summed E-state index contributed by atoms with van der Waals surface area (Å²) in [5, 5.41) is 24.2. The first-order valence-corrected chi connectivity index (χ1v) is 9.46. The fourth-order valence-corrected chi connectivity index (χ4v) is 3.80. The van der Waals surface area contributed by atoms with Crippen LogP contribution in [0, 0.1) is 11.3 Å². The van der Waals surface area contributed by atoms with Crippen molar-refractivity contribution in [3.8, 4) is 11.8 Å². The summed E-state index contributed by atoms with van der Waals surface area (Å²) in [6.45, 7) is 10.7. The molecule has 1 aliphatic heterocycles. The first kappa shape index (κ1) is 19.5. The summed E-state index contributed by atoms with van der Waals surface area (Å²) in [4.78, 5) is 0. The van der Waals surface area contributed by atoms with Crippen LogP contribution < -0.4 is 10.1 Å². The van der Waals surface area contributed by atoms with Crippen LogP contribution in [0.4, 0.5) is 0 Å². The van der Waals surface area contributed by atoms with Crippen LogP contribution in [-0.2, 0) is 12.0 Å². The first-order valence-electron chi connectivity index (χ1n) is 9.46. The largest absolute Gasteiger partial charge is 0.483 e. The maximum Gasteiger partial charge on any atom is 0.144 e. The van der Waals surface area contributed by atoms with Gasteiger partial charge in [-0.15, -0.1) is 0 Å². The molecular formula is C22H29N3O2. The first-order chi connectivity index (χ1) is 12.6.